The molecule has 7 heteroatoms. The number of carbonyl (C=O) groups is 1. The highest BCUT2D eigenvalue weighted by Gasteiger charge is 2.46. The zero-order chi connectivity index (χ0) is 20.4. The number of methoxy groups -OCH3 is 1. The first-order chi connectivity index (χ1) is 14.0. The van der Waals surface area contributed by atoms with Crippen LogP contribution in [0.2, 0.25) is 0 Å². The molecule has 29 heavy (non-hydrogen) atoms. The summed E-state index contributed by atoms with van der Waals surface area (Å²) in [4.78, 5) is 23.3. The summed E-state index contributed by atoms with van der Waals surface area (Å²) in [5, 5.41) is 1.12. The average molecular weight is 399 g/mol. The van der Waals surface area contributed by atoms with Crippen molar-refractivity contribution in [1.82, 2.24) is 19.7 Å². The molecule has 0 unspecified atom stereocenters. The third-order valence-corrected chi connectivity index (χ3v) is 5.98. The summed E-state index contributed by atoms with van der Waals surface area (Å²) < 4.78 is 11.4. The highest BCUT2D eigenvalue weighted by Crippen LogP contribution is 2.34. The van der Waals surface area contributed by atoms with E-state index in [1.165, 1.54) is 0 Å². The first-order valence-electron chi connectivity index (χ1n) is 10.3. The molecule has 1 aromatic carbocycles. The Balaban J connectivity index is 1.39. The number of likely N-dealkylation sites (N-methyl/N-ethyl adjacent to an activating group) is 1. The molecule has 0 bridgehead atoms. The quantitative estimate of drug-likeness (QED) is 0.746. The van der Waals surface area contributed by atoms with E-state index in [-0.39, 0.29) is 11.7 Å². The van der Waals surface area contributed by atoms with Crippen molar-refractivity contribution in [3.8, 4) is 5.88 Å². The smallest absolute Gasteiger partial charge is 0.410 e. The van der Waals surface area contributed by atoms with E-state index in [0.29, 0.717) is 12.4 Å². The zero-order valence-corrected chi connectivity index (χ0v) is 17.6. The summed E-state index contributed by atoms with van der Waals surface area (Å²) in [6.07, 6.45) is 1.56. The van der Waals surface area contributed by atoms with E-state index in [2.05, 4.69) is 26.9 Å². The number of carbonyl (C=O) groups excluding carboxylic acids is 1. The first-order valence-corrected chi connectivity index (χ1v) is 10.3. The molecule has 0 N–H and O–H groups in total. The van der Waals surface area contributed by atoms with Gasteiger partial charge < -0.3 is 19.3 Å². The molecule has 2 aliphatic heterocycles. The number of hydrogen-bond donors (Lipinski definition) is 0. The monoisotopic (exact) mass is 398 g/mol. The predicted molar refractivity (Wildman–Crippen MR) is 112 cm³/mol. The standard InChI is InChI=1S/C22H30N4O3/c1-24(2)12-13-26-16-22(29-21(26)27)8-10-25(11-9-22)15-18-14-17-6-4-5-7-19(17)23-20(18)28-3/h4-7,14H,8-13,15-16H2,1-3H3. The number of aromatic nitrogens is 1. The lowest BCUT2D eigenvalue weighted by molar-refractivity contribution is -0.00138. The van der Waals surface area contributed by atoms with Crippen LogP contribution in [0.15, 0.2) is 30.3 Å². The fourth-order valence-electron chi connectivity index (χ4n) is 4.24. The molecule has 0 radical (unpaired) electrons. The van der Waals surface area contributed by atoms with Gasteiger partial charge in [0.25, 0.3) is 0 Å². The highest BCUT2D eigenvalue weighted by molar-refractivity contribution is 5.80. The highest BCUT2D eigenvalue weighted by atomic mass is 16.6. The van der Waals surface area contributed by atoms with Crippen LogP contribution in [0.5, 0.6) is 5.88 Å². The second kappa shape index (κ2) is 8.16. The predicted octanol–water partition coefficient (Wildman–Crippen LogP) is 2.59. The van der Waals surface area contributed by atoms with Gasteiger partial charge >= 0.3 is 6.09 Å². The number of fused-ring (bicyclic) bond motifs is 1. The second-order valence-electron chi connectivity index (χ2n) is 8.40. The van der Waals surface area contributed by atoms with Crippen molar-refractivity contribution in [3.63, 3.8) is 0 Å². The van der Waals surface area contributed by atoms with E-state index < -0.39 is 0 Å². The molecule has 1 aromatic heterocycles. The topological polar surface area (TPSA) is 58.1 Å². The Morgan fingerprint density at radius 1 is 1.24 bits per heavy atom. The number of ether oxygens (including phenoxy) is 2. The molecule has 0 atom stereocenters. The molecule has 1 amide bonds. The van der Waals surface area contributed by atoms with Gasteiger partial charge in [-0.05, 0) is 26.2 Å². The van der Waals surface area contributed by atoms with Crippen LogP contribution in [0.1, 0.15) is 18.4 Å². The molecule has 0 saturated carbocycles. The molecule has 1 spiro atoms. The van der Waals surface area contributed by atoms with Crippen molar-refractivity contribution in [2.24, 2.45) is 0 Å². The molecular weight excluding hydrogens is 368 g/mol. The number of benzene rings is 1. The van der Waals surface area contributed by atoms with Crippen LogP contribution in [0.4, 0.5) is 4.79 Å². The van der Waals surface area contributed by atoms with Crippen molar-refractivity contribution in [2.75, 3.05) is 53.9 Å². The molecule has 2 aromatic rings. The zero-order valence-electron chi connectivity index (χ0n) is 17.6. The maximum Gasteiger partial charge on any atom is 0.410 e. The third kappa shape index (κ3) is 4.31. The Hall–Kier alpha value is -2.38. The lowest BCUT2D eigenvalue weighted by atomic mass is 9.91. The molecule has 4 rings (SSSR count). The molecular formula is C22H30N4O3. The van der Waals surface area contributed by atoms with Crippen LogP contribution in [0.25, 0.3) is 10.9 Å². The number of pyridine rings is 1. The largest absolute Gasteiger partial charge is 0.481 e. The molecule has 7 nitrogen and oxygen atoms in total. The summed E-state index contributed by atoms with van der Waals surface area (Å²) in [7, 11) is 5.71. The summed E-state index contributed by atoms with van der Waals surface area (Å²) in [5.74, 6) is 0.686. The van der Waals surface area contributed by atoms with Crippen LogP contribution in [0.3, 0.4) is 0 Å². The van der Waals surface area contributed by atoms with Gasteiger partial charge in [0.05, 0.1) is 19.2 Å². The van der Waals surface area contributed by atoms with E-state index >= 15 is 0 Å². The van der Waals surface area contributed by atoms with E-state index in [0.717, 1.165) is 62.0 Å². The van der Waals surface area contributed by atoms with Gasteiger partial charge in [0.15, 0.2) is 0 Å². The normalized spacial score (nSPS) is 19.3. The van der Waals surface area contributed by atoms with Gasteiger partial charge in [0.1, 0.15) is 5.60 Å². The van der Waals surface area contributed by atoms with Gasteiger partial charge in [0.2, 0.25) is 5.88 Å². The van der Waals surface area contributed by atoms with E-state index in [1.54, 1.807) is 7.11 Å². The summed E-state index contributed by atoms with van der Waals surface area (Å²) >= 11 is 0. The molecule has 3 heterocycles. The number of piperidine rings is 1. The molecule has 156 valence electrons. The minimum atomic E-state index is -0.328. The number of amides is 1. The van der Waals surface area contributed by atoms with Crippen LogP contribution < -0.4 is 4.74 Å². The van der Waals surface area contributed by atoms with Gasteiger partial charge in [-0.15, -0.1) is 0 Å². The Morgan fingerprint density at radius 2 is 2.00 bits per heavy atom. The fraction of sp³-hybridized carbons (Fsp3) is 0.545. The lowest BCUT2D eigenvalue weighted by Gasteiger charge is -2.37. The van der Waals surface area contributed by atoms with Crippen molar-refractivity contribution in [1.29, 1.82) is 0 Å². The second-order valence-corrected chi connectivity index (χ2v) is 8.40. The van der Waals surface area contributed by atoms with Crippen molar-refractivity contribution < 1.29 is 14.3 Å². The van der Waals surface area contributed by atoms with E-state index in [9.17, 15) is 4.79 Å². The molecule has 2 fully saturated rings. The van der Waals surface area contributed by atoms with Gasteiger partial charge in [0, 0.05) is 56.5 Å². The van der Waals surface area contributed by atoms with Crippen LogP contribution in [-0.2, 0) is 11.3 Å². The number of hydrogen-bond acceptors (Lipinski definition) is 6. The van der Waals surface area contributed by atoms with Gasteiger partial charge in [-0.3, -0.25) is 4.90 Å². The van der Waals surface area contributed by atoms with Gasteiger partial charge in [-0.2, -0.15) is 0 Å². The lowest BCUT2D eigenvalue weighted by Crippen LogP contribution is -2.46. The first kappa shape index (κ1) is 19.9. The van der Waals surface area contributed by atoms with Crippen molar-refractivity contribution >= 4 is 17.0 Å². The third-order valence-electron chi connectivity index (χ3n) is 5.98. The molecule has 2 saturated heterocycles. The average Bonchev–Trinajstić information content (AvgIpc) is 3.02. The fourth-order valence-corrected chi connectivity index (χ4v) is 4.24. The van der Waals surface area contributed by atoms with Gasteiger partial charge in [-0.25, -0.2) is 9.78 Å². The van der Waals surface area contributed by atoms with Crippen LogP contribution in [0, 0.1) is 0 Å². The maximum atomic E-state index is 12.3. The van der Waals surface area contributed by atoms with E-state index in [4.69, 9.17) is 9.47 Å². The molecule has 2 aliphatic rings. The minimum Gasteiger partial charge on any atom is -0.481 e. The number of nitrogens with zero attached hydrogens (tertiary/aromatic N) is 4. The number of para-hydroxylation sites is 1. The number of rotatable bonds is 6. The van der Waals surface area contributed by atoms with Gasteiger partial charge in [-0.1, -0.05) is 18.2 Å². The minimum absolute atomic E-state index is 0.166. The Kier molecular flexibility index (Phi) is 5.61. The Morgan fingerprint density at radius 3 is 2.72 bits per heavy atom. The summed E-state index contributed by atoms with van der Waals surface area (Å²) in [6.45, 7) is 4.85. The summed E-state index contributed by atoms with van der Waals surface area (Å²) in [6, 6.07) is 10.3. The Bertz CT molecular complexity index is 877. The number of likely N-dealkylation sites (tertiary alicyclic amines) is 1. The van der Waals surface area contributed by atoms with E-state index in [1.807, 2.05) is 37.2 Å². The van der Waals surface area contributed by atoms with Crippen LogP contribution >= 0.6 is 0 Å². The SMILES string of the molecule is COc1nc2ccccc2cc1CN1CCC2(CC1)CN(CCN(C)C)C(=O)O2. The van der Waals surface area contributed by atoms with Crippen molar-refractivity contribution in [2.45, 2.75) is 25.0 Å². The van der Waals surface area contributed by atoms with Crippen molar-refractivity contribution in [3.05, 3.63) is 35.9 Å². The summed E-state index contributed by atoms with van der Waals surface area (Å²) in [5.41, 5.74) is 1.71. The molecule has 0 aliphatic carbocycles. The van der Waals surface area contributed by atoms with Crippen LogP contribution in [-0.4, -0.2) is 85.3 Å². The Labute approximate surface area is 172 Å². The maximum absolute atomic E-state index is 12.3.